The highest BCUT2D eigenvalue weighted by molar-refractivity contribution is 5.95. The van der Waals surface area contributed by atoms with E-state index < -0.39 is 17.5 Å². The van der Waals surface area contributed by atoms with E-state index in [2.05, 4.69) is 21.5 Å². The standard InChI is InChI=1S/C33H34F2N8O2/c1-21-18-37-33(39-26-7-4-23(5-8-26)31(44)41(2)3)40-30(21)24-19-38-43(20-24)27(10-13-36)16-22-11-14-42(15-12-22)32(45)28-9-6-25(34)17-29(28)35/h4-9,17-20,22,27H,10-12,14-16H2,1-3H3,(H,37,39,40). The van der Waals surface area contributed by atoms with E-state index in [1.54, 1.807) is 60.3 Å². The summed E-state index contributed by atoms with van der Waals surface area (Å²) in [5.41, 5.74) is 3.53. The predicted molar refractivity (Wildman–Crippen MR) is 165 cm³/mol. The van der Waals surface area contributed by atoms with Gasteiger partial charge >= 0.3 is 0 Å². The number of benzene rings is 2. The quantitative estimate of drug-likeness (QED) is 0.255. The van der Waals surface area contributed by atoms with Crippen LogP contribution in [0.1, 0.15) is 58.0 Å². The van der Waals surface area contributed by atoms with E-state index in [4.69, 9.17) is 4.98 Å². The smallest absolute Gasteiger partial charge is 0.256 e. The molecule has 0 bridgehead atoms. The van der Waals surface area contributed by atoms with Gasteiger partial charge in [0.25, 0.3) is 11.8 Å². The first-order chi connectivity index (χ1) is 21.6. The molecule has 2 aromatic heterocycles. The summed E-state index contributed by atoms with van der Waals surface area (Å²) in [5, 5.41) is 17.3. The SMILES string of the molecule is Cc1cnc(Nc2ccc(C(=O)N(C)C)cc2)nc1-c1cnn(C(CC#N)CC2CCN(C(=O)c3ccc(F)cc3F)CC2)c1. The summed E-state index contributed by atoms with van der Waals surface area (Å²) in [5.74, 6) is -1.47. The number of nitrogens with zero attached hydrogens (tertiary/aromatic N) is 7. The average Bonchev–Trinajstić information content (AvgIpc) is 3.52. The lowest BCUT2D eigenvalue weighted by atomic mass is 9.89. The molecule has 4 aromatic rings. The maximum absolute atomic E-state index is 14.2. The zero-order chi connectivity index (χ0) is 32.1. The Morgan fingerprint density at radius 3 is 2.51 bits per heavy atom. The van der Waals surface area contributed by atoms with Gasteiger partial charge in [0, 0.05) is 62.5 Å². The summed E-state index contributed by atoms with van der Waals surface area (Å²) in [4.78, 5) is 37.2. The Hall–Kier alpha value is -5.18. The summed E-state index contributed by atoms with van der Waals surface area (Å²) < 4.78 is 29.2. The van der Waals surface area contributed by atoms with E-state index in [1.807, 2.05) is 13.1 Å². The normalized spacial score (nSPS) is 14.1. The van der Waals surface area contributed by atoms with Crippen molar-refractivity contribution in [1.29, 1.82) is 5.26 Å². The van der Waals surface area contributed by atoms with E-state index in [1.165, 1.54) is 11.0 Å². The summed E-state index contributed by atoms with van der Waals surface area (Å²) in [7, 11) is 3.41. The molecule has 2 amide bonds. The molecule has 2 aromatic carbocycles. The zero-order valence-corrected chi connectivity index (χ0v) is 25.4. The van der Waals surface area contributed by atoms with Crippen molar-refractivity contribution in [2.75, 3.05) is 32.5 Å². The van der Waals surface area contributed by atoms with Gasteiger partial charge in [-0.2, -0.15) is 10.4 Å². The largest absolute Gasteiger partial charge is 0.345 e. The monoisotopic (exact) mass is 612 g/mol. The highest BCUT2D eigenvalue weighted by Gasteiger charge is 2.28. The number of aryl methyl sites for hydroxylation is 1. The fourth-order valence-corrected chi connectivity index (χ4v) is 5.52. The minimum absolute atomic E-state index is 0.0822. The van der Waals surface area contributed by atoms with Gasteiger partial charge in [0.1, 0.15) is 11.6 Å². The maximum Gasteiger partial charge on any atom is 0.256 e. The molecule has 1 N–H and O–H groups in total. The number of carbonyl (C=O) groups excluding carboxylic acids is 2. The lowest BCUT2D eigenvalue weighted by Crippen LogP contribution is -2.39. The summed E-state index contributed by atoms with van der Waals surface area (Å²) >= 11 is 0. The number of piperidine rings is 1. The van der Waals surface area contributed by atoms with Gasteiger partial charge < -0.3 is 15.1 Å². The Labute approximate surface area is 260 Å². The van der Waals surface area contributed by atoms with Crippen molar-refractivity contribution < 1.29 is 18.4 Å². The molecule has 0 radical (unpaired) electrons. The first kappa shape index (κ1) is 31.3. The number of aromatic nitrogens is 4. The topological polar surface area (TPSA) is 120 Å². The molecule has 5 rings (SSSR count). The van der Waals surface area contributed by atoms with Crippen LogP contribution in [0.3, 0.4) is 0 Å². The van der Waals surface area contributed by atoms with E-state index in [9.17, 15) is 23.6 Å². The Morgan fingerprint density at radius 2 is 1.84 bits per heavy atom. The number of hydrogen-bond donors (Lipinski definition) is 1. The number of nitriles is 1. The van der Waals surface area contributed by atoms with Crippen LogP contribution in [0.4, 0.5) is 20.4 Å². The molecule has 0 aliphatic carbocycles. The average molecular weight is 613 g/mol. The Morgan fingerprint density at radius 1 is 1.11 bits per heavy atom. The Kier molecular flexibility index (Phi) is 9.47. The molecule has 1 aliphatic heterocycles. The summed E-state index contributed by atoms with van der Waals surface area (Å²) in [6.45, 7) is 2.82. The van der Waals surface area contributed by atoms with Crippen molar-refractivity contribution in [1.82, 2.24) is 29.5 Å². The molecule has 12 heteroatoms. The van der Waals surface area contributed by atoms with Gasteiger partial charge in [0.15, 0.2) is 0 Å². The summed E-state index contributed by atoms with van der Waals surface area (Å²) in [6.07, 6.45) is 7.71. The van der Waals surface area contributed by atoms with Gasteiger partial charge in [-0.05, 0) is 74.1 Å². The van der Waals surface area contributed by atoms with E-state index in [0.717, 1.165) is 28.9 Å². The van der Waals surface area contributed by atoms with Crippen molar-refractivity contribution in [3.63, 3.8) is 0 Å². The molecule has 10 nitrogen and oxygen atoms in total. The number of nitrogens with one attached hydrogen (secondary N) is 1. The second-order valence-corrected chi connectivity index (χ2v) is 11.4. The number of likely N-dealkylation sites (tertiary alicyclic amines) is 1. The highest BCUT2D eigenvalue weighted by atomic mass is 19.1. The second-order valence-electron chi connectivity index (χ2n) is 11.4. The molecule has 3 heterocycles. The lowest BCUT2D eigenvalue weighted by Gasteiger charge is -2.33. The van der Waals surface area contributed by atoms with Crippen molar-refractivity contribution in [2.24, 2.45) is 5.92 Å². The van der Waals surface area contributed by atoms with E-state index in [0.29, 0.717) is 49.6 Å². The number of carbonyl (C=O) groups is 2. The van der Waals surface area contributed by atoms with Crippen LogP contribution in [0.25, 0.3) is 11.3 Å². The molecule has 1 unspecified atom stereocenters. The van der Waals surface area contributed by atoms with Crippen molar-refractivity contribution in [3.8, 4) is 17.3 Å². The minimum Gasteiger partial charge on any atom is -0.345 e. The molecular weight excluding hydrogens is 578 g/mol. The molecule has 45 heavy (non-hydrogen) atoms. The summed E-state index contributed by atoms with van der Waals surface area (Å²) in [6, 6.07) is 12.2. The van der Waals surface area contributed by atoms with Crippen molar-refractivity contribution in [3.05, 3.63) is 89.4 Å². The third kappa shape index (κ3) is 7.32. The van der Waals surface area contributed by atoms with Crippen LogP contribution >= 0.6 is 0 Å². The van der Waals surface area contributed by atoms with Crippen LogP contribution in [0.15, 0.2) is 61.1 Å². The predicted octanol–water partition coefficient (Wildman–Crippen LogP) is 5.77. The molecule has 0 saturated carbocycles. The molecule has 1 saturated heterocycles. The first-order valence-electron chi connectivity index (χ1n) is 14.7. The maximum atomic E-state index is 14.2. The Balaban J connectivity index is 1.24. The third-order valence-corrected chi connectivity index (χ3v) is 8.01. The molecule has 1 atom stereocenters. The first-order valence-corrected chi connectivity index (χ1v) is 14.7. The fraction of sp³-hybridized carbons (Fsp3) is 0.333. The van der Waals surface area contributed by atoms with Crippen LogP contribution in [-0.2, 0) is 0 Å². The number of halogens is 2. The van der Waals surface area contributed by atoms with Crippen LogP contribution in [0.5, 0.6) is 0 Å². The molecule has 0 spiro atoms. The van der Waals surface area contributed by atoms with E-state index >= 15 is 0 Å². The van der Waals surface area contributed by atoms with Crippen LogP contribution in [0, 0.1) is 35.8 Å². The van der Waals surface area contributed by atoms with Crippen molar-refractivity contribution in [2.45, 2.75) is 38.6 Å². The number of amides is 2. The molecule has 1 fully saturated rings. The van der Waals surface area contributed by atoms with Gasteiger partial charge in [-0.3, -0.25) is 14.3 Å². The van der Waals surface area contributed by atoms with Gasteiger partial charge in [0.2, 0.25) is 5.95 Å². The van der Waals surface area contributed by atoms with Crippen LogP contribution < -0.4 is 5.32 Å². The molecular formula is C33H34F2N8O2. The fourth-order valence-electron chi connectivity index (χ4n) is 5.52. The van der Waals surface area contributed by atoms with Gasteiger partial charge in [-0.1, -0.05) is 0 Å². The van der Waals surface area contributed by atoms with E-state index in [-0.39, 0.29) is 29.9 Å². The highest BCUT2D eigenvalue weighted by Crippen LogP contribution is 2.31. The van der Waals surface area contributed by atoms with Crippen molar-refractivity contribution >= 4 is 23.5 Å². The zero-order valence-electron chi connectivity index (χ0n) is 25.4. The number of anilines is 2. The number of hydrogen-bond acceptors (Lipinski definition) is 7. The second kappa shape index (κ2) is 13.6. The number of rotatable bonds is 9. The molecule has 1 aliphatic rings. The van der Waals surface area contributed by atoms with Crippen LogP contribution in [-0.4, -0.2) is 68.5 Å². The van der Waals surface area contributed by atoms with Gasteiger partial charge in [-0.15, -0.1) is 0 Å². The third-order valence-electron chi connectivity index (χ3n) is 8.01. The molecule has 232 valence electrons. The lowest BCUT2D eigenvalue weighted by molar-refractivity contribution is 0.0673. The minimum atomic E-state index is -0.862. The Bertz CT molecular complexity index is 1720. The van der Waals surface area contributed by atoms with Gasteiger partial charge in [-0.25, -0.2) is 18.7 Å². The van der Waals surface area contributed by atoms with Crippen LogP contribution in [0.2, 0.25) is 0 Å². The van der Waals surface area contributed by atoms with Gasteiger partial charge in [0.05, 0.1) is 36.0 Å².